The van der Waals surface area contributed by atoms with Crippen molar-refractivity contribution in [2.45, 2.75) is 19.9 Å². The summed E-state index contributed by atoms with van der Waals surface area (Å²) in [7, 11) is 0. The van der Waals surface area contributed by atoms with Crippen molar-refractivity contribution in [3.8, 4) is 28.5 Å². The van der Waals surface area contributed by atoms with Crippen LogP contribution >= 0.6 is 0 Å². The van der Waals surface area contributed by atoms with Crippen LogP contribution in [0.3, 0.4) is 0 Å². The summed E-state index contributed by atoms with van der Waals surface area (Å²) in [5, 5.41) is 27.9. The highest BCUT2D eigenvalue weighted by Crippen LogP contribution is 2.29. The summed E-state index contributed by atoms with van der Waals surface area (Å²) < 4.78 is 1.72. The molecule has 0 aliphatic heterocycles. The van der Waals surface area contributed by atoms with Crippen molar-refractivity contribution in [2.24, 2.45) is 0 Å². The third-order valence-electron chi connectivity index (χ3n) is 4.40. The van der Waals surface area contributed by atoms with Gasteiger partial charge >= 0.3 is 6.01 Å². The van der Waals surface area contributed by atoms with E-state index in [4.69, 9.17) is 0 Å². The summed E-state index contributed by atoms with van der Waals surface area (Å²) in [5.41, 5.74) is 4.11. The number of nitrogens with one attached hydrogen (secondary N) is 1. The zero-order valence-electron chi connectivity index (χ0n) is 15.3. The van der Waals surface area contributed by atoms with E-state index < -0.39 is 0 Å². The third kappa shape index (κ3) is 3.66. The van der Waals surface area contributed by atoms with Gasteiger partial charge in [-0.05, 0) is 34.0 Å². The number of benzene rings is 2. The summed E-state index contributed by atoms with van der Waals surface area (Å²) in [6.07, 6.45) is 4.56. The molecule has 140 valence electrons. The van der Waals surface area contributed by atoms with Gasteiger partial charge in [-0.3, -0.25) is 0 Å². The van der Waals surface area contributed by atoms with Crippen LogP contribution in [-0.4, -0.2) is 40.5 Å². The monoisotopic (exact) mass is 373 g/mol. The van der Waals surface area contributed by atoms with Crippen molar-refractivity contribution in [3.05, 3.63) is 72.1 Å². The Kier molecular flexibility index (Phi) is 4.92. The van der Waals surface area contributed by atoms with Crippen LogP contribution in [0.25, 0.3) is 22.5 Å². The highest BCUT2D eigenvalue weighted by molar-refractivity contribution is 5.80. The fraction of sp³-hybridized carbons (Fsp3) is 0.150. The van der Waals surface area contributed by atoms with Crippen molar-refractivity contribution in [3.63, 3.8) is 0 Å². The Morgan fingerprint density at radius 1 is 1.07 bits per heavy atom. The molecule has 0 atom stereocenters. The molecule has 8 nitrogen and oxygen atoms in total. The maximum Gasteiger partial charge on any atom is 0.333 e. The number of aromatic nitrogens is 7. The van der Waals surface area contributed by atoms with Gasteiger partial charge in [0.2, 0.25) is 0 Å². The van der Waals surface area contributed by atoms with Crippen LogP contribution in [0.1, 0.15) is 18.3 Å². The number of hydrogen-bond acceptors (Lipinski definition) is 6. The predicted molar refractivity (Wildman–Crippen MR) is 104 cm³/mol. The molecule has 0 bridgehead atoms. The minimum Gasteiger partial charge on any atom is -0.478 e. The van der Waals surface area contributed by atoms with Crippen LogP contribution in [-0.2, 0) is 13.0 Å². The fourth-order valence-corrected chi connectivity index (χ4v) is 3.04. The summed E-state index contributed by atoms with van der Waals surface area (Å²) in [5.74, 6) is 1.36. The van der Waals surface area contributed by atoms with Gasteiger partial charge in [0.1, 0.15) is 5.82 Å². The summed E-state index contributed by atoms with van der Waals surface area (Å²) in [6.45, 7) is 2.49. The van der Waals surface area contributed by atoms with Gasteiger partial charge in [0.05, 0.1) is 6.54 Å². The normalized spacial score (nSPS) is 11.3. The number of nitrogens with zero attached hydrogens (tertiary/aromatic N) is 6. The maximum absolute atomic E-state index is 9.64. The van der Waals surface area contributed by atoms with Crippen LogP contribution in [0.2, 0.25) is 0 Å². The van der Waals surface area contributed by atoms with Crippen LogP contribution in [0, 0.1) is 0 Å². The van der Waals surface area contributed by atoms with Crippen LogP contribution in [0.5, 0.6) is 6.01 Å². The van der Waals surface area contributed by atoms with Crippen molar-refractivity contribution in [1.82, 2.24) is 35.4 Å². The third-order valence-corrected chi connectivity index (χ3v) is 4.40. The smallest absolute Gasteiger partial charge is 0.333 e. The Labute approximate surface area is 161 Å². The van der Waals surface area contributed by atoms with Gasteiger partial charge in [-0.25, -0.2) is 9.78 Å². The van der Waals surface area contributed by atoms with E-state index in [0.29, 0.717) is 18.8 Å². The van der Waals surface area contributed by atoms with Gasteiger partial charge in [-0.1, -0.05) is 60.7 Å². The molecule has 4 aromatic rings. The van der Waals surface area contributed by atoms with E-state index >= 15 is 0 Å². The SMILES string of the molecule is CC=CCc1nc(O)nn1Cc1ccc(-c2ccccc2-c2nnn[nH]2)cc1. The van der Waals surface area contributed by atoms with Crippen molar-refractivity contribution in [2.75, 3.05) is 0 Å². The van der Waals surface area contributed by atoms with Gasteiger partial charge in [-0.2, -0.15) is 4.98 Å². The standard InChI is InChI=1S/C20H19N7O/c1-2-3-8-18-21-20(28)24-27(18)13-14-9-11-15(12-10-14)16-6-4-5-7-17(16)19-22-25-26-23-19/h2-7,9-12H,8,13H2,1H3,(H,24,28)(H,22,23,25,26). The zero-order valence-corrected chi connectivity index (χ0v) is 15.3. The van der Waals surface area contributed by atoms with Crippen LogP contribution in [0.15, 0.2) is 60.7 Å². The minimum absolute atomic E-state index is 0.203. The molecule has 2 aromatic carbocycles. The summed E-state index contributed by atoms with van der Waals surface area (Å²) in [6, 6.07) is 16.0. The number of aromatic amines is 1. The summed E-state index contributed by atoms with van der Waals surface area (Å²) in [4.78, 5) is 4.08. The first-order valence-electron chi connectivity index (χ1n) is 8.91. The lowest BCUT2D eigenvalue weighted by Crippen LogP contribution is -2.06. The molecule has 2 heterocycles. The van der Waals surface area contributed by atoms with E-state index in [-0.39, 0.29) is 6.01 Å². The molecule has 0 aliphatic rings. The topological polar surface area (TPSA) is 105 Å². The van der Waals surface area contributed by atoms with Gasteiger partial charge in [0.15, 0.2) is 5.82 Å². The van der Waals surface area contributed by atoms with E-state index in [1.54, 1.807) is 4.68 Å². The van der Waals surface area contributed by atoms with E-state index in [1.807, 2.05) is 55.5 Å². The number of rotatable bonds is 6. The van der Waals surface area contributed by atoms with E-state index in [1.165, 1.54) is 0 Å². The lowest BCUT2D eigenvalue weighted by atomic mass is 9.98. The predicted octanol–water partition coefficient (Wildman–Crippen LogP) is 3.00. The van der Waals surface area contributed by atoms with Crippen molar-refractivity contribution < 1.29 is 5.11 Å². The molecule has 2 N–H and O–H groups in total. The van der Waals surface area contributed by atoms with Gasteiger partial charge in [0, 0.05) is 12.0 Å². The number of H-pyrrole nitrogens is 1. The molecule has 0 radical (unpaired) electrons. The van der Waals surface area contributed by atoms with Crippen LogP contribution in [0.4, 0.5) is 0 Å². The zero-order chi connectivity index (χ0) is 19.3. The second-order valence-corrected chi connectivity index (χ2v) is 6.25. The molecular weight excluding hydrogens is 354 g/mol. The average molecular weight is 373 g/mol. The van der Waals surface area contributed by atoms with E-state index in [2.05, 4.69) is 42.8 Å². The molecular formula is C20H19N7O. The Morgan fingerprint density at radius 3 is 2.57 bits per heavy atom. The van der Waals surface area contributed by atoms with Crippen LogP contribution < -0.4 is 0 Å². The first-order chi connectivity index (χ1) is 13.7. The highest BCUT2D eigenvalue weighted by Gasteiger charge is 2.11. The van der Waals surface area contributed by atoms with Gasteiger partial charge < -0.3 is 5.11 Å². The number of tetrazole rings is 1. The molecule has 0 saturated heterocycles. The molecule has 28 heavy (non-hydrogen) atoms. The molecule has 0 unspecified atom stereocenters. The fourth-order valence-electron chi connectivity index (χ4n) is 3.04. The van der Waals surface area contributed by atoms with Crippen molar-refractivity contribution >= 4 is 0 Å². The Bertz CT molecular complexity index is 1080. The lowest BCUT2D eigenvalue weighted by molar-refractivity contribution is 0.425. The molecule has 2 aromatic heterocycles. The average Bonchev–Trinajstić information content (AvgIpc) is 3.37. The van der Waals surface area contributed by atoms with Gasteiger partial charge in [-0.15, -0.1) is 10.2 Å². The molecule has 0 saturated carbocycles. The molecule has 0 spiro atoms. The number of allylic oxidation sites excluding steroid dienone is 2. The minimum atomic E-state index is -0.203. The first-order valence-corrected chi connectivity index (χ1v) is 8.91. The first kappa shape index (κ1) is 17.6. The summed E-state index contributed by atoms with van der Waals surface area (Å²) >= 11 is 0. The molecule has 8 heteroatoms. The Balaban J connectivity index is 1.60. The lowest BCUT2D eigenvalue weighted by Gasteiger charge is -2.09. The second-order valence-electron chi connectivity index (χ2n) is 6.25. The van der Waals surface area contributed by atoms with E-state index in [0.717, 1.165) is 28.1 Å². The maximum atomic E-state index is 9.64. The molecule has 0 fully saturated rings. The largest absolute Gasteiger partial charge is 0.478 e. The van der Waals surface area contributed by atoms with E-state index in [9.17, 15) is 5.11 Å². The Hall–Kier alpha value is -3.81. The molecule has 0 amide bonds. The van der Waals surface area contributed by atoms with Crippen molar-refractivity contribution in [1.29, 1.82) is 0 Å². The quantitative estimate of drug-likeness (QED) is 0.503. The molecule has 0 aliphatic carbocycles. The number of hydrogen-bond donors (Lipinski definition) is 2. The number of aromatic hydroxyl groups is 1. The molecule has 4 rings (SSSR count). The van der Waals surface area contributed by atoms with Gasteiger partial charge in [0.25, 0.3) is 0 Å². The highest BCUT2D eigenvalue weighted by atomic mass is 16.3. The second kappa shape index (κ2) is 7.83. The Morgan fingerprint density at radius 2 is 1.86 bits per heavy atom.